The average molecular weight is 291 g/mol. The van der Waals surface area contributed by atoms with E-state index < -0.39 is 10.0 Å². The number of urea groups is 1. The van der Waals surface area contributed by atoms with E-state index in [4.69, 9.17) is 0 Å². The molecule has 0 aliphatic carbocycles. The summed E-state index contributed by atoms with van der Waals surface area (Å²) in [6, 6.07) is -0.0801. The molecule has 0 aromatic rings. The molecule has 0 aromatic carbocycles. The molecule has 0 aromatic heterocycles. The smallest absolute Gasteiger partial charge is 0.317 e. The molecule has 1 aliphatic heterocycles. The van der Waals surface area contributed by atoms with Crippen LogP contribution >= 0.6 is 0 Å². The summed E-state index contributed by atoms with van der Waals surface area (Å²) < 4.78 is 26.0. The van der Waals surface area contributed by atoms with Gasteiger partial charge in [-0.2, -0.15) is 0 Å². The van der Waals surface area contributed by atoms with E-state index in [9.17, 15) is 13.2 Å². The Bertz CT molecular complexity index is 376. The first-order valence-corrected chi connectivity index (χ1v) is 8.66. The summed E-state index contributed by atoms with van der Waals surface area (Å²) in [6.45, 7) is 5.75. The Hall–Kier alpha value is -0.820. The van der Waals surface area contributed by atoms with Crippen LogP contribution in [0.5, 0.6) is 0 Å². The molecule has 1 rings (SSSR count). The summed E-state index contributed by atoms with van der Waals surface area (Å²) in [5.74, 6) is 0.171. The summed E-state index contributed by atoms with van der Waals surface area (Å²) in [5.41, 5.74) is 0. The third-order valence-corrected chi connectivity index (χ3v) is 4.77. The van der Waals surface area contributed by atoms with Gasteiger partial charge < -0.3 is 10.2 Å². The monoisotopic (exact) mass is 291 g/mol. The fourth-order valence-corrected chi connectivity index (χ4v) is 3.52. The number of sulfonamides is 1. The van der Waals surface area contributed by atoms with Crippen LogP contribution in [0.2, 0.25) is 0 Å². The maximum absolute atomic E-state index is 11.7. The second kappa shape index (κ2) is 7.69. The van der Waals surface area contributed by atoms with Crippen molar-refractivity contribution in [1.29, 1.82) is 0 Å². The maximum atomic E-state index is 11.7. The van der Waals surface area contributed by atoms with Crippen molar-refractivity contribution in [3.8, 4) is 0 Å². The molecule has 1 aliphatic rings. The van der Waals surface area contributed by atoms with Gasteiger partial charge in [-0.1, -0.05) is 13.8 Å². The maximum Gasteiger partial charge on any atom is 0.317 e. The molecule has 7 heteroatoms. The molecule has 19 heavy (non-hydrogen) atoms. The van der Waals surface area contributed by atoms with Crippen molar-refractivity contribution in [1.82, 2.24) is 14.9 Å². The molecule has 0 spiro atoms. The molecule has 2 N–H and O–H groups in total. The number of piperidine rings is 1. The van der Waals surface area contributed by atoms with Crippen LogP contribution in [-0.2, 0) is 10.0 Å². The van der Waals surface area contributed by atoms with Crippen LogP contribution < -0.4 is 10.0 Å². The second-order valence-electron chi connectivity index (χ2n) is 4.93. The van der Waals surface area contributed by atoms with Crippen molar-refractivity contribution in [2.75, 3.05) is 25.4 Å². The fourth-order valence-electron chi connectivity index (χ4n) is 2.13. The Kier molecular flexibility index (Phi) is 6.57. The first-order chi connectivity index (χ1) is 8.98. The SMILES string of the molecule is CCCNC(=O)N1CCC(NS(=O)(=O)CCC)CC1. The Morgan fingerprint density at radius 1 is 1.21 bits per heavy atom. The van der Waals surface area contributed by atoms with Gasteiger partial charge >= 0.3 is 6.03 Å². The van der Waals surface area contributed by atoms with Crippen LogP contribution in [0.3, 0.4) is 0 Å². The summed E-state index contributed by atoms with van der Waals surface area (Å²) in [5, 5.41) is 2.83. The van der Waals surface area contributed by atoms with E-state index in [1.165, 1.54) is 0 Å². The van der Waals surface area contributed by atoms with E-state index in [2.05, 4.69) is 10.0 Å². The number of rotatable bonds is 6. The number of carbonyl (C=O) groups excluding carboxylic acids is 1. The number of carbonyl (C=O) groups is 1. The number of likely N-dealkylation sites (tertiary alicyclic amines) is 1. The predicted molar refractivity (Wildman–Crippen MR) is 75.5 cm³/mol. The topological polar surface area (TPSA) is 78.5 Å². The van der Waals surface area contributed by atoms with Gasteiger partial charge in [0.25, 0.3) is 0 Å². The van der Waals surface area contributed by atoms with Crippen molar-refractivity contribution in [2.45, 2.75) is 45.6 Å². The minimum Gasteiger partial charge on any atom is -0.338 e. The summed E-state index contributed by atoms with van der Waals surface area (Å²) in [4.78, 5) is 13.5. The van der Waals surface area contributed by atoms with E-state index in [1.54, 1.807) is 4.90 Å². The molecule has 0 unspecified atom stereocenters. The van der Waals surface area contributed by atoms with E-state index >= 15 is 0 Å². The lowest BCUT2D eigenvalue weighted by molar-refractivity contribution is 0.180. The second-order valence-corrected chi connectivity index (χ2v) is 6.80. The number of amides is 2. The summed E-state index contributed by atoms with van der Waals surface area (Å²) in [6.07, 6.45) is 2.90. The highest BCUT2D eigenvalue weighted by Crippen LogP contribution is 2.11. The molecule has 0 saturated carbocycles. The Morgan fingerprint density at radius 3 is 2.37 bits per heavy atom. The van der Waals surface area contributed by atoms with E-state index in [0.29, 0.717) is 38.9 Å². The van der Waals surface area contributed by atoms with Crippen molar-refractivity contribution in [2.24, 2.45) is 0 Å². The van der Waals surface area contributed by atoms with E-state index in [1.807, 2.05) is 13.8 Å². The Morgan fingerprint density at radius 2 is 1.84 bits per heavy atom. The van der Waals surface area contributed by atoms with Crippen molar-refractivity contribution >= 4 is 16.1 Å². The van der Waals surface area contributed by atoms with E-state index in [0.717, 1.165) is 6.42 Å². The molecule has 6 nitrogen and oxygen atoms in total. The molecule has 1 saturated heterocycles. The zero-order chi connectivity index (χ0) is 14.3. The fraction of sp³-hybridized carbons (Fsp3) is 0.917. The van der Waals surface area contributed by atoms with Gasteiger partial charge in [-0.15, -0.1) is 0 Å². The highest BCUT2D eigenvalue weighted by atomic mass is 32.2. The molecule has 2 amide bonds. The highest BCUT2D eigenvalue weighted by Gasteiger charge is 2.25. The highest BCUT2D eigenvalue weighted by molar-refractivity contribution is 7.89. The number of hydrogen-bond acceptors (Lipinski definition) is 3. The van der Waals surface area contributed by atoms with Crippen molar-refractivity contribution in [3.05, 3.63) is 0 Å². The standard InChI is InChI=1S/C12H25N3O3S/c1-3-7-13-12(16)15-8-5-11(6-9-15)14-19(17,18)10-4-2/h11,14H,3-10H2,1-2H3,(H,13,16). The van der Waals surface area contributed by atoms with Crippen LogP contribution in [0.1, 0.15) is 39.5 Å². The van der Waals surface area contributed by atoms with Gasteiger partial charge in [0, 0.05) is 25.7 Å². The molecule has 0 atom stereocenters. The largest absolute Gasteiger partial charge is 0.338 e. The molecular weight excluding hydrogens is 266 g/mol. The summed E-state index contributed by atoms with van der Waals surface area (Å²) in [7, 11) is -3.15. The normalized spacial score (nSPS) is 17.5. The van der Waals surface area contributed by atoms with Crippen LogP contribution in [0.4, 0.5) is 4.79 Å². The molecular formula is C12H25N3O3S. The molecule has 0 bridgehead atoms. The van der Waals surface area contributed by atoms with Gasteiger partial charge in [0.15, 0.2) is 0 Å². The predicted octanol–water partition coefficient (Wildman–Crippen LogP) is 0.900. The minimum absolute atomic E-state index is 0.0354. The minimum atomic E-state index is -3.15. The first-order valence-electron chi connectivity index (χ1n) is 7.01. The molecule has 0 radical (unpaired) electrons. The molecule has 1 heterocycles. The number of nitrogens with zero attached hydrogens (tertiary/aromatic N) is 1. The Balaban J connectivity index is 2.35. The van der Waals surface area contributed by atoms with E-state index in [-0.39, 0.29) is 17.8 Å². The lowest BCUT2D eigenvalue weighted by Crippen LogP contribution is -2.49. The molecule has 112 valence electrons. The third kappa shape index (κ3) is 5.78. The summed E-state index contributed by atoms with van der Waals surface area (Å²) >= 11 is 0. The zero-order valence-corrected chi connectivity index (χ0v) is 12.6. The number of hydrogen-bond donors (Lipinski definition) is 2. The lowest BCUT2D eigenvalue weighted by atomic mass is 10.1. The number of nitrogens with one attached hydrogen (secondary N) is 2. The van der Waals surface area contributed by atoms with Gasteiger partial charge in [-0.3, -0.25) is 0 Å². The van der Waals surface area contributed by atoms with Crippen molar-refractivity contribution < 1.29 is 13.2 Å². The lowest BCUT2D eigenvalue weighted by Gasteiger charge is -2.32. The van der Waals surface area contributed by atoms with Gasteiger partial charge in [-0.05, 0) is 25.7 Å². The first kappa shape index (κ1) is 16.2. The van der Waals surface area contributed by atoms with Gasteiger partial charge in [0.1, 0.15) is 0 Å². The third-order valence-electron chi connectivity index (χ3n) is 3.13. The van der Waals surface area contributed by atoms with Crippen LogP contribution in [0.15, 0.2) is 0 Å². The van der Waals surface area contributed by atoms with Crippen molar-refractivity contribution in [3.63, 3.8) is 0 Å². The zero-order valence-electron chi connectivity index (χ0n) is 11.8. The average Bonchev–Trinajstić information content (AvgIpc) is 2.36. The van der Waals surface area contributed by atoms with Gasteiger partial charge in [0.05, 0.1) is 5.75 Å². The quantitative estimate of drug-likeness (QED) is 0.763. The van der Waals surface area contributed by atoms with Crippen LogP contribution in [0.25, 0.3) is 0 Å². The Labute approximate surface area is 116 Å². The van der Waals surface area contributed by atoms with Gasteiger partial charge in [-0.25, -0.2) is 17.9 Å². The molecule has 1 fully saturated rings. The van der Waals surface area contributed by atoms with Crippen LogP contribution in [-0.4, -0.2) is 50.8 Å². The van der Waals surface area contributed by atoms with Crippen LogP contribution in [0, 0.1) is 0 Å². The van der Waals surface area contributed by atoms with Gasteiger partial charge in [0.2, 0.25) is 10.0 Å².